The Hall–Kier alpha value is -3.16. The van der Waals surface area contributed by atoms with Gasteiger partial charge in [0.1, 0.15) is 5.82 Å². The largest absolute Gasteiger partial charge is 0.369 e. The van der Waals surface area contributed by atoms with E-state index >= 15 is 0 Å². The van der Waals surface area contributed by atoms with Crippen molar-refractivity contribution in [2.45, 2.75) is 25.7 Å². The maximum Gasteiger partial charge on any atom is 0.175 e. The summed E-state index contributed by atoms with van der Waals surface area (Å²) in [4.78, 5) is 10.3. The summed E-state index contributed by atoms with van der Waals surface area (Å²) in [6.07, 6.45) is 1.22. The summed E-state index contributed by atoms with van der Waals surface area (Å²) in [6.45, 7) is 12.2. The molecule has 1 aromatic heterocycles. The van der Waals surface area contributed by atoms with Gasteiger partial charge in [0.2, 0.25) is 0 Å². The van der Waals surface area contributed by atoms with E-state index in [-0.39, 0.29) is 0 Å². The van der Waals surface area contributed by atoms with Gasteiger partial charge in [-0.25, -0.2) is 13.4 Å². The van der Waals surface area contributed by atoms with E-state index in [0.29, 0.717) is 10.8 Å². The maximum atomic E-state index is 11.8. The van der Waals surface area contributed by atoms with Crippen LogP contribution in [0.15, 0.2) is 65.6 Å². The molecule has 7 heteroatoms. The number of rotatable bonds is 6. The van der Waals surface area contributed by atoms with Crippen molar-refractivity contribution in [2.24, 2.45) is 13.0 Å². The van der Waals surface area contributed by atoms with Gasteiger partial charge in [-0.15, -0.1) is 0 Å². The van der Waals surface area contributed by atoms with Crippen molar-refractivity contribution in [3.63, 3.8) is 0 Å². The Morgan fingerprint density at radius 2 is 1.49 bits per heavy atom. The number of aryl methyl sites for hydroxylation is 2. The monoisotopic (exact) mass is 516 g/mol. The highest BCUT2D eigenvalue weighted by molar-refractivity contribution is 7.90. The zero-order valence-electron chi connectivity index (χ0n) is 22.4. The average molecular weight is 517 g/mol. The van der Waals surface area contributed by atoms with E-state index in [9.17, 15) is 8.42 Å². The molecule has 6 nitrogen and oxygen atoms in total. The summed E-state index contributed by atoms with van der Waals surface area (Å²) in [5.74, 6) is 1.53. The van der Waals surface area contributed by atoms with Crippen LogP contribution in [-0.2, 0) is 16.9 Å². The van der Waals surface area contributed by atoms with Gasteiger partial charge >= 0.3 is 0 Å². The molecule has 0 aliphatic carbocycles. The number of aromatic nitrogens is 2. The lowest BCUT2D eigenvalue weighted by Gasteiger charge is -2.36. The van der Waals surface area contributed by atoms with Crippen LogP contribution in [0.2, 0.25) is 0 Å². The molecule has 0 spiro atoms. The minimum Gasteiger partial charge on any atom is -0.369 e. The van der Waals surface area contributed by atoms with Gasteiger partial charge < -0.3 is 9.47 Å². The molecule has 0 saturated carbocycles. The molecule has 0 bridgehead atoms. The van der Waals surface area contributed by atoms with Crippen molar-refractivity contribution in [2.75, 3.05) is 43.9 Å². The normalized spacial score (nSPS) is 15.1. The van der Waals surface area contributed by atoms with Crippen molar-refractivity contribution in [3.8, 4) is 22.5 Å². The maximum absolute atomic E-state index is 11.8. The first kappa shape index (κ1) is 25.5. The summed E-state index contributed by atoms with van der Waals surface area (Å²) in [5.41, 5.74) is 7.67. The van der Waals surface area contributed by atoms with Gasteiger partial charge in [-0.3, -0.25) is 4.90 Å². The fraction of sp³-hybridized carbons (Fsp3) is 0.367. The van der Waals surface area contributed by atoms with Crippen LogP contribution in [0, 0.1) is 12.8 Å². The topological polar surface area (TPSA) is 58.4 Å². The SMILES string of the molecule is Cc1cc(-c2ccc(N3CCN(CC(C)C)CC3)cc2)cc2c1nc(-c1ccc(S(C)(=O)=O)cc1)n2C. The molecule has 194 valence electrons. The molecule has 0 unspecified atom stereocenters. The first-order valence-electron chi connectivity index (χ1n) is 13.0. The summed E-state index contributed by atoms with van der Waals surface area (Å²) in [7, 11) is -1.22. The van der Waals surface area contributed by atoms with Crippen molar-refractivity contribution in [1.82, 2.24) is 14.5 Å². The van der Waals surface area contributed by atoms with Crippen molar-refractivity contribution in [3.05, 3.63) is 66.2 Å². The average Bonchev–Trinajstić information content (AvgIpc) is 3.21. The third-order valence-corrected chi connectivity index (χ3v) is 8.41. The molecule has 1 aliphatic rings. The number of fused-ring (bicyclic) bond motifs is 1. The minimum absolute atomic E-state index is 0.314. The van der Waals surface area contributed by atoms with E-state index in [1.807, 2.05) is 19.2 Å². The second-order valence-electron chi connectivity index (χ2n) is 10.7. The van der Waals surface area contributed by atoms with E-state index in [4.69, 9.17) is 4.98 Å². The third kappa shape index (κ3) is 5.29. The number of hydrogen-bond acceptors (Lipinski definition) is 5. The van der Waals surface area contributed by atoms with Crippen LogP contribution in [-0.4, -0.2) is 61.8 Å². The van der Waals surface area contributed by atoms with Crippen molar-refractivity contribution in [1.29, 1.82) is 0 Å². The van der Waals surface area contributed by atoms with Gasteiger partial charge in [-0.2, -0.15) is 0 Å². The lowest BCUT2D eigenvalue weighted by atomic mass is 10.0. The zero-order valence-corrected chi connectivity index (χ0v) is 23.2. The lowest BCUT2D eigenvalue weighted by Crippen LogP contribution is -2.47. The molecular formula is C30H36N4O2S. The van der Waals surface area contributed by atoms with Gasteiger partial charge in [0, 0.05) is 57.3 Å². The van der Waals surface area contributed by atoms with Crippen LogP contribution >= 0.6 is 0 Å². The molecule has 1 aliphatic heterocycles. The molecule has 1 saturated heterocycles. The summed E-state index contributed by atoms with van der Waals surface area (Å²) >= 11 is 0. The molecule has 37 heavy (non-hydrogen) atoms. The predicted octanol–water partition coefficient (Wildman–Crippen LogP) is 5.40. The highest BCUT2D eigenvalue weighted by Crippen LogP contribution is 2.32. The van der Waals surface area contributed by atoms with Crippen LogP contribution in [0.3, 0.4) is 0 Å². The fourth-order valence-electron chi connectivity index (χ4n) is 5.30. The second-order valence-corrected chi connectivity index (χ2v) is 12.7. The zero-order chi connectivity index (χ0) is 26.3. The summed E-state index contributed by atoms with van der Waals surface area (Å²) < 4.78 is 25.8. The Bertz CT molecular complexity index is 1510. The Balaban J connectivity index is 1.39. The van der Waals surface area contributed by atoms with Crippen LogP contribution in [0.5, 0.6) is 0 Å². The molecule has 3 aromatic carbocycles. The molecule has 0 amide bonds. The van der Waals surface area contributed by atoms with Crippen LogP contribution in [0.1, 0.15) is 19.4 Å². The molecule has 1 fully saturated rings. The molecule has 0 radical (unpaired) electrons. The summed E-state index contributed by atoms with van der Waals surface area (Å²) in [6, 6.07) is 20.3. The number of benzene rings is 3. The number of anilines is 1. The third-order valence-electron chi connectivity index (χ3n) is 7.28. The molecule has 0 N–H and O–H groups in total. The molecule has 2 heterocycles. The number of sulfone groups is 1. The molecule has 4 aromatic rings. The quantitative estimate of drug-likeness (QED) is 0.344. The number of nitrogens with zero attached hydrogens (tertiary/aromatic N) is 4. The van der Waals surface area contributed by atoms with Crippen molar-refractivity contribution < 1.29 is 8.42 Å². The first-order chi connectivity index (χ1) is 17.6. The van der Waals surface area contributed by atoms with Gasteiger partial charge in [-0.1, -0.05) is 26.0 Å². The lowest BCUT2D eigenvalue weighted by molar-refractivity contribution is 0.231. The predicted molar refractivity (Wildman–Crippen MR) is 153 cm³/mol. The minimum atomic E-state index is -3.23. The molecular weight excluding hydrogens is 480 g/mol. The Kier molecular flexibility index (Phi) is 6.86. The Morgan fingerprint density at radius 3 is 2.08 bits per heavy atom. The van der Waals surface area contributed by atoms with Gasteiger partial charge in [0.05, 0.1) is 15.9 Å². The van der Waals surface area contributed by atoms with Gasteiger partial charge in [0.25, 0.3) is 0 Å². The first-order valence-corrected chi connectivity index (χ1v) is 14.8. The van der Waals surface area contributed by atoms with E-state index in [1.54, 1.807) is 12.1 Å². The van der Waals surface area contributed by atoms with Crippen LogP contribution in [0.4, 0.5) is 5.69 Å². The Labute approximate surface area is 220 Å². The smallest absolute Gasteiger partial charge is 0.175 e. The highest BCUT2D eigenvalue weighted by Gasteiger charge is 2.18. The van der Waals surface area contributed by atoms with Gasteiger partial charge in [0.15, 0.2) is 9.84 Å². The number of hydrogen-bond donors (Lipinski definition) is 0. The fourth-order valence-corrected chi connectivity index (χ4v) is 5.93. The van der Waals surface area contributed by atoms with Gasteiger partial charge in [-0.05, 0) is 78.1 Å². The standard InChI is InChI=1S/C30H36N4O2S/c1-21(2)20-33-14-16-34(17-15-33)26-10-6-23(7-11-26)25-18-22(3)29-28(19-25)32(4)30(31-29)24-8-12-27(13-9-24)37(5,35)36/h6-13,18-19,21H,14-17,20H2,1-5H3. The van der Waals surface area contributed by atoms with Crippen LogP contribution < -0.4 is 4.90 Å². The number of imidazole rings is 1. The van der Waals surface area contributed by atoms with E-state index in [2.05, 4.69) is 71.5 Å². The second kappa shape index (κ2) is 9.95. The highest BCUT2D eigenvalue weighted by atomic mass is 32.2. The molecule has 0 atom stereocenters. The molecule has 5 rings (SSSR count). The van der Waals surface area contributed by atoms with Crippen molar-refractivity contribution >= 4 is 26.6 Å². The van der Waals surface area contributed by atoms with Crippen LogP contribution in [0.25, 0.3) is 33.5 Å². The van der Waals surface area contributed by atoms with E-state index < -0.39 is 9.84 Å². The Morgan fingerprint density at radius 1 is 0.865 bits per heavy atom. The number of piperazine rings is 1. The van der Waals surface area contributed by atoms with E-state index in [0.717, 1.165) is 54.2 Å². The summed E-state index contributed by atoms with van der Waals surface area (Å²) in [5, 5.41) is 0. The van der Waals surface area contributed by atoms with E-state index in [1.165, 1.54) is 29.6 Å².